The fraction of sp³-hybridized carbons (Fsp3) is 0.111. The number of hydrogen-bond acceptors (Lipinski definition) is 6. The van der Waals surface area contributed by atoms with Crippen LogP contribution >= 0.6 is 0 Å². The van der Waals surface area contributed by atoms with Crippen molar-refractivity contribution in [2.24, 2.45) is 0 Å². The van der Waals surface area contributed by atoms with Crippen molar-refractivity contribution < 1.29 is 23.0 Å². The smallest absolute Gasteiger partial charge is 0.244 e. The van der Waals surface area contributed by atoms with E-state index >= 15 is 0 Å². The van der Waals surface area contributed by atoms with Crippen LogP contribution in [0.2, 0.25) is 0 Å². The monoisotopic (exact) mass is 385 g/mol. The molecule has 1 aliphatic rings. The van der Waals surface area contributed by atoms with Gasteiger partial charge < -0.3 is 14.8 Å². The van der Waals surface area contributed by atoms with Gasteiger partial charge in [-0.15, -0.1) is 5.10 Å². The molecular weight excluding hydrogens is 372 g/mol. The number of carbonyl (C=O) groups excluding carboxylic acids is 1. The van der Waals surface area contributed by atoms with E-state index in [4.69, 9.17) is 9.47 Å². The summed E-state index contributed by atoms with van der Waals surface area (Å²) in [4.78, 5) is 12.1. The van der Waals surface area contributed by atoms with Crippen LogP contribution in [0, 0.1) is 11.6 Å². The number of hydrogen-bond donors (Lipinski definition) is 1. The van der Waals surface area contributed by atoms with Gasteiger partial charge in [-0.2, -0.15) is 4.68 Å². The van der Waals surface area contributed by atoms with E-state index < -0.39 is 11.6 Å². The van der Waals surface area contributed by atoms with Crippen molar-refractivity contribution in [2.45, 2.75) is 6.54 Å². The van der Waals surface area contributed by atoms with Crippen molar-refractivity contribution in [1.82, 2.24) is 25.5 Å². The van der Waals surface area contributed by atoms with Crippen LogP contribution in [0.3, 0.4) is 0 Å². The number of halogens is 2. The summed E-state index contributed by atoms with van der Waals surface area (Å²) >= 11 is 0. The largest absolute Gasteiger partial charge is 0.454 e. The molecule has 0 radical (unpaired) electrons. The Hall–Kier alpha value is -3.82. The zero-order valence-corrected chi connectivity index (χ0v) is 14.3. The zero-order valence-electron chi connectivity index (χ0n) is 14.3. The second-order valence-electron chi connectivity index (χ2n) is 5.77. The Kier molecular flexibility index (Phi) is 4.67. The lowest BCUT2D eigenvalue weighted by molar-refractivity contribution is -0.116. The van der Waals surface area contributed by atoms with Crippen molar-refractivity contribution in [3.05, 3.63) is 65.5 Å². The molecule has 1 N–H and O–H groups in total. The van der Waals surface area contributed by atoms with E-state index in [1.54, 1.807) is 24.3 Å². The van der Waals surface area contributed by atoms with E-state index in [9.17, 15) is 13.6 Å². The maximum Gasteiger partial charge on any atom is 0.244 e. The summed E-state index contributed by atoms with van der Waals surface area (Å²) < 4.78 is 38.2. The molecule has 8 nitrogen and oxygen atoms in total. The molecule has 0 unspecified atom stereocenters. The van der Waals surface area contributed by atoms with Gasteiger partial charge in [0.2, 0.25) is 12.7 Å². The van der Waals surface area contributed by atoms with Crippen LogP contribution in [-0.4, -0.2) is 32.9 Å². The molecule has 1 amide bonds. The lowest BCUT2D eigenvalue weighted by Gasteiger charge is -2.05. The highest BCUT2D eigenvalue weighted by Gasteiger charge is 2.13. The van der Waals surface area contributed by atoms with Gasteiger partial charge in [0.25, 0.3) is 0 Å². The minimum Gasteiger partial charge on any atom is -0.454 e. The number of benzene rings is 2. The number of tetrazole rings is 1. The predicted octanol–water partition coefficient (Wildman–Crippen LogP) is 2.00. The highest BCUT2D eigenvalue weighted by molar-refractivity contribution is 5.91. The molecular formula is C18H13F2N5O3. The summed E-state index contributed by atoms with van der Waals surface area (Å²) in [5.41, 5.74) is 1.01. The van der Waals surface area contributed by atoms with E-state index in [0.717, 1.165) is 17.7 Å². The minimum absolute atomic E-state index is 0.00366. The number of rotatable bonds is 5. The van der Waals surface area contributed by atoms with E-state index in [0.29, 0.717) is 11.5 Å². The summed E-state index contributed by atoms with van der Waals surface area (Å²) in [5.74, 6) is -0.831. The van der Waals surface area contributed by atoms with E-state index in [1.807, 2.05) is 0 Å². The van der Waals surface area contributed by atoms with Gasteiger partial charge in [-0.05, 0) is 46.3 Å². The first-order valence-electron chi connectivity index (χ1n) is 8.18. The minimum atomic E-state index is -1.02. The Morgan fingerprint density at radius 1 is 1.14 bits per heavy atom. The Bertz CT molecular complexity index is 1070. The molecule has 0 aliphatic carbocycles. The number of fused-ring (bicyclic) bond motifs is 1. The molecule has 1 aromatic heterocycles. The Balaban J connectivity index is 1.40. The predicted molar refractivity (Wildman–Crippen MR) is 92.5 cm³/mol. The Morgan fingerprint density at radius 2 is 2.00 bits per heavy atom. The van der Waals surface area contributed by atoms with Crippen LogP contribution < -0.4 is 14.8 Å². The third-order valence-electron chi connectivity index (χ3n) is 3.93. The van der Waals surface area contributed by atoms with Crippen molar-refractivity contribution in [2.75, 3.05) is 6.79 Å². The van der Waals surface area contributed by atoms with Crippen molar-refractivity contribution >= 4 is 12.0 Å². The van der Waals surface area contributed by atoms with Crippen molar-refractivity contribution in [1.29, 1.82) is 0 Å². The zero-order chi connectivity index (χ0) is 19.5. The molecule has 0 saturated carbocycles. The molecule has 2 aromatic carbocycles. The molecule has 10 heteroatoms. The van der Waals surface area contributed by atoms with Gasteiger partial charge in [0.15, 0.2) is 29.0 Å². The molecule has 0 fully saturated rings. The van der Waals surface area contributed by atoms with Crippen LogP contribution in [0.15, 0.2) is 42.5 Å². The maximum absolute atomic E-state index is 13.4. The summed E-state index contributed by atoms with van der Waals surface area (Å²) in [6, 6.07) is 8.59. The number of amides is 1. The van der Waals surface area contributed by atoms with E-state index in [1.165, 1.54) is 16.8 Å². The first kappa shape index (κ1) is 17.6. The van der Waals surface area contributed by atoms with Gasteiger partial charge in [-0.3, -0.25) is 4.79 Å². The molecule has 3 aromatic rings. The van der Waals surface area contributed by atoms with Gasteiger partial charge in [0, 0.05) is 12.1 Å². The third kappa shape index (κ3) is 3.65. The van der Waals surface area contributed by atoms with Crippen molar-refractivity contribution in [3.63, 3.8) is 0 Å². The van der Waals surface area contributed by atoms with Crippen LogP contribution in [0.5, 0.6) is 11.5 Å². The molecule has 4 rings (SSSR count). The van der Waals surface area contributed by atoms with E-state index in [2.05, 4.69) is 20.8 Å². The van der Waals surface area contributed by atoms with Crippen LogP contribution in [0.4, 0.5) is 8.78 Å². The Labute approximate surface area is 157 Å². The maximum atomic E-state index is 13.4. The highest BCUT2D eigenvalue weighted by atomic mass is 19.2. The lowest BCUT2D eigenvalue weighted by atomic mass is 10.2. The summed E-state index contributed by atoms with van der Waals surface area (Å²) in [6.45, 7) is 0.173. The van der Waals surface area contributed by atoms with Crippen LogP contribution in [-0.2, 0) is 11.3 Å². The fourth-order valence-corrected chi connectivity index (χ4v) is 2.55. The summed E-state index contributed by atoms with van der Waals surface area (Å²) in [5, 5.41) is 13.7. The topological polar surface area (TPSA) is 91.2 Å². The van der Waals surface area contributed by atoms with Gasteiger partial charge in [0.05, 0.1) is 12.2 Å². The molecule has 2 heterocycles. The van der Waals surface area contributed by atoms with Gasteiger partial charge in [-0.25, -0.2) is 8.78 Å². The molecule has 28 heavy (non-hydrogen) atoms. The number of aromatic nitrogens is 4. The average molecular weight is 385 g/mol. The summed E-state index contributed by atoms with van der Waals surface area (Å²) in [7, 11) is 0. The molecule has 0 atom stereocenters. The van der Waals surface area contributed by atoms with Gasteiger partial charge in [-0.1, -0.05) is 6.07 Å². The number of carbonyl (C=O) groups is 1. The number of nitrogens with zero attached hydrogens (tertiary/aromatic N) is 4. The Morgan fingerprint density at radius 3 is 2.86 bits per heavy atom. The highest BCUT2D eigenvalue weighted by Crippen LogP contribution is 2.32. The second-order valence-corrected chi connectivity index (χ2v) is 5.77. The van der Waals surface area contributed by atoms with Gasteiger partial charge in [0.1, 0.15) is 0 Å². The fourth-order valence-electron chi connectivity index (χ4n) is 2.55. The quantitative estimate of drug-likeness (QED) is 0.676. The molecule has 142 valence electrons. The number of nitrogens with one attached hydrogen (secondary N) is 1. The molecule has 0 bridgehead atoms. The first-order chi connectivity index (χ1) is 13.6. The first-order valence-corrected chi connectivity index (χ1v) is 8.18. The second kappa shape index (κ2) is 7.43. The third-order valence-corrected chi connectivity index (χ3v) is 3.93. The van der Waals surface area contributed by atoms with E-state index in [-0.39, 0.29) is 30.8 Å². The molecule has 0 spiro atoms. The average Bonchev–Trinajstić information content (AvgIpc) is 3.35. The normalized spacial score (nSPS) is 12.5. The SMILES string of the molecule is O=C(/C=C\c1ccc2c(c1)OCO2)NCc1nnnn1-c1ccc(F)c(F)c1. The van der Waals surface area contributed by atoms with Crippen molar-refractivity contribution in [3.8, 4) is 17.2 Å². The summed E-state index contributed by atoms with van der Waals surface area (Å²) in [6.07, 6.45) is 2.97. The van der Waals surface area contributed by atoms with Crippen LogP contribution in [0.25, 0.3) is 11.8 Å². The number of ether oxygens (including phenoxy) is 2. The molecule has 0 saturated heterocycles. The van der Waals surface area contributed by atoms with Gasteiger partial charge >= 0.3 is 0 Å². The standard InChI is InChI=1S/C18H13F2N5O3/c19-13-4-3-12(8-14(13)20)25-17(22-23-24-25)9-21-18(26)6-2-11-1-5-15-16(7-11)28-10-27-15/h1-8H,9-10H2,(H,21,26)/b6-2-. The lowest BCUT2D eigenvalue weighted by Crippen LogP contribution is -2.22. The van der Waals surface area contributed by atoms with Crippen LogP contribution in [0.1, 0.15) is 11.4 Å². The molecule has 1 aliphatic heterocycles.